The van der Waals surface area contributed by atoms with Crippen molar-refractivity contribution in [2.24, 2.45) is 5.92 Å². The van der Waals surface area contributed by atoms with Crippen LogP contribution in [0.3, 0.4) is 0 Å². The van der Waals surface area contributed by atoms with Gasteiger partial charge in [-0.1, -0.05) is 18.6 Å². The number of carbonyl (C=O) groups excluding carboxylic acids is 1. The van der Waals surface area contributed by atoms with Crippen molar-refractivity contribution in [2.45, 2.75) is 39.7 Å². The topological polar surface area (TPSA) is 88.8 Å². The van der Waals surface area contributed by atoms with Gasteiger partial charge in [-0.05, 0) is 56.9 Å². The summed E-state index contributed by atoms with van der Waals surface area (Å²) in [5.41, 5.74) is 3.23. The lowest BCUT2D eigenvalue weighted by atomic mass is 9.89. The number of hydrogen-bond acceptors (Lipinski definition) is 6. The van der Waals surface area contributed by atoms with Gasteiger partial charge in [0.25, 0.3) is 5.91 Å². The highest BCUT2D eigenvalue weighted by Gasteiger charge is 2.33. The summed E-state index contributed by atoms with van der Waals surface area (Å²) in [6.07, 6.45) is 5.32. The highest BCUT2D eigenvalue weighted by atomic mass is 16.2. The van der Waals surface area contributed by atoms with Gasteiger partial charge in [0.2, 0.25) is 0 Å². The molecule has 2 aromatic heterocycles. The van der Waals surface area contributed by atoms with E-state index < -0.39 is 0 Å². The van der Waals surface area contributed by atoms with Crippen molar-refractivity contribution >= 4 is 11.7 Å². The number of nitrogens with one attached hydrogen (secondary N) is 1. The summed E-state index contributed by atoms with van der Waals surface area (Å²) >= 11 is 0. The first kappa shape index (κ1) is 20.0. The number of hydrogen-bond donors (Lipinski definition) is 1. The van der Waals surface area contributed by atoms with E-state index in [1.165, 1.54) is 4.80 Å². The van der Waals surface area contributed by atoms with Crippen LogP contribution in [0.25, 0.3) is 5.69 Å². The molecule has 0 bridgehead atoms. The second-order valence-corrected chi connectivity index (χ2v) is 7.97. The van der Waals surface area contributed by atoms with Gasteiger partial charge in [0.1, 0.15) is 5.82 Å². The molecule has 1 unspecified atom stereocenters. The molecule has 1 amide bonds. The number of piperidine rings is 1. The predicted octanol–water partition coefficient (Wildman–Crippen LogP) is 3.27. The molecule has 8 heteroatoms. The monoisotopic (exact) mass is 407 g/mol. The summed E-state index contributed by atoms with van der Waals surface area (Å²) < 4.78 is 0. The molecule has 0 saturated carbocycles. The summed E-state index contributed by atoms with van der Waals surface area (Å²) in [7, 11) is 0. The van der Waals surface area contributed by atoms with Crippen LogP contribution < -0.4 is 5.32 Å². The molecule has 1 saturated heterocycles. The molecule has 0 radical (unpaired) electrons. The normalized spacial score (nSPS) is 19.0. The molecule has 8 nitrogen and oxygen atoms in total. The zero-order valence-corrected chi connectivity index (χ0v) is 17.6. The lowest BCUT2D eigenvalue weighted by Crippen LogP contribution is -2.51. The van der Waals surface area contributed by atoms with E-state index in [0.717, 1.165) is 36.5 Å². The first-order chi connectivity index (χ1) is 14.5. The molecule has 1 aliphatic heterocycles. The van der Waals surface area contributed by atoms with Crippen LogP contribution in [0.5, 0.6) is 0 Å². The lowest BCUT2D eigenvalue weighted by Gasteiger charge is -2.40. The van der Waals surface area contributed by atoms with Crippen LogP contribution in [0.15, 0.2) is 42.7 Å². The molecule has 1 aromatic carbocycles. The van der Waals surface area contributed by atoms with E-state index in [-0.39, 0.29) is 13.4 Å². The maximum Gasteiger partial charge on any atom is 0.256 e. The Labute approximate surface area is 177 Å². The van der Waals surface area contributed by atoms with Gasteiger partial charge in [0.05, 0.1) is 35.4 Å². The number of amides is 1. The van der Waals surface area contributed by atoms with Crippen molar-refractivity contribution in [1.82, 2.24) is 30.1 Å². The minimum absolute atomic E-state index is 0. The molecule has 4 rings (SSSR count). The standard InChI is InChI=1S/C22H27N7O.H2/c1-15-6-8-19(29-24-10-11-25-29)18(13-15)22(30)28-12-4-5-16(2)20(28)14-23-21-9-7-17(3)26-27-21;/h6-11,13,16,20H,4-5,12,14H2,1-3H3,(H,23,27);1H/t16?,20-;/m1./s1. The number of likely N-dealkylation sites (tertiary alicyclic amines) is 1. The average molecular weight is 408 g/mol. The number of nitrogens with zero attached hydrogens (tertiary/aromatic N) is 6. The van der Waals surface area contributed by atoms with Gasteiger partial charge in [-0.2, -0.15) is 20.1 Å². The first-order valence-corrected chi connectivity index (χ1v) is 10.4. The summed E-state index contributed by atoms with van der Waals surface area (Å²) in [4.78, 5) is 17.2. The lowest BCUT2D eigenvalue weighted by molar-refractivity contribution is 0.0539. The van der Waals surface area contributed by atoms with Crippen LogP contribution >= 0.6 is 0 Å². The Bertz CT molecular complexity index is 1010. The summed E-state index contributed by atoms with van der Waals surface area (Å²) in [5, 5.41) is 20.1. The van der Waals surface area contributed by atoms with Crippen molar-refractivity contribution in [3.63, 3.8) is 0 Å². The number of anilines is 1. The molecule has 158 valence electrons. The molecular weight excluding hydrogens is 378 g/mol. The molecule has 1 N–H and O–H groups in total. The number of carbonyl (C=O) groups is 1. The van der Waals surface area contributed by atoms with Gasteiger partial charge in [0.15, 0.2) is 0 Å². The van der Waals surface area contributed by atoms with E-state index in [2.05, 4.69) is 32.6 Å². The molecular formula is C22H29N7O. The van der Waals surface area contributed by atoms with Crippen LogP contribution in [-0.4, -0.2) is 55.1 Å². The molecule has 0 aliphatic carbocycles. The second-order valence-electron chi connectivity index (χ2n) is 7.97. The largest absolute Gasteiger partial charge is 0.367 e. The van der Waals surface area contributed by atoms with Gasteiger partial charge in [0, 0.05) is 14.5 Å². The third-order valence-corrected chi connectivity index (χ3v) is 5.68. The van der Waals surface area contributed by atoms with Gasteiger partial charge in [-0.25, -0.2) is 0 Å². The Morgan fingerprint density at radius 3 is 2.70 bits per heavy atom. The van der Waals surface area contributed by atoms with Crippen molar-refractivity contribution in [3.05, 3.63) is 59.5 Å². The number of benzene rings is 1. The Balaban J connectivity index is 0.00000272. The summed E-state index contributed by atoms with van der Waals surface area (Å²) in [6, 6.07) is 9.72. The van der Waals surface area contributed by atoms with E-state index in [9.17, 15) is 4.79 Å². The van der Waals surface area contributed by atoms with Crippen LogP contribution in [0.1, 0.15) is 42.8 Å². The maximum atomic E-state index is 13.7. The minimum atomic E-state index is 0. The van der Waals surface area contributed by atoms with Crippen LogP contribution in [0.2, 0.25) is 0 Å². The van der Waals surface area contributed by atoms with Crippen LogP contribution in [0, 0.1) is 19.8 Å². The highest BCUT2D eigenvalue weighted by molar-refractivity contribution is 5.98. The van der Waals surface area contributed by atoms with Crippen molar-refractivity contribution in [2.75, 3.05) is 18.4 Å². The third-order valence-electron chi connectivity index (χ3n) is 5.68. The van der Waals surface area contributed by atoms with Gasteiger partial charge in [-0.3, -0.25) is 4.79 Å². The van der Waals surface area contributed by atoms with Crippen molar-refractivity contribution in [3.8, 4) is 5.69 Å². The van der Waals surface area contributed by atoms with Gasteiger partial charge in [-0.15, -0.1) is 5.10 Å². The van der Waals surface area contributed by atoms with Crippen molar-refractivity contribution < 1.29 is 6.22 Å². The number of aromatic nitrogens is 5. The van der Waals surface area contributed by atoms with Crippen LogP contribution in [0.4, 0.5) is 5.82 Å². The van der Waals surface area contributed by atoms with E-state index in [4.69, 9.17) is 0 Å². The van der Waals surface area contributed by atoms with Gasteiger partial charge < -0.3 is 10.2 Å². The molecule has 0 spiro atoms. The first-order valence-electron chi connectivity index (χ1n) is 10.4. The molecule has 3 aromatic rings. The fourth-order valence-corrected chi connectivity index (χ4v) is 4.01. The average Bonchev–Trinajstić information content (AvgIpc) is 3.28. The van der Waals surface area contributed by atoms with Gasteiger partial charge >= 0.3 is 0 Å². The Morgan fingerprint density at radius 1 is 1.17 bits per heavy atom. The smallest absolute Gasteiger partial charge is 0.256 e. The molecule has 1 aliphatic rings. The van der Waals surface area contributed by atoms with Crippen molar-refractivity contribution in [1.29, 1.82) is 0 Å². The minimum Gasteiger partial charge on any atom is -0.367 e. The number of aryl methyl sites for hydroxylation is 2. The quantitative estimate of drug-likeness (QED) is 0.698. The predicted molar refractivity (Wildman–Crippen MR) is 117 cm³/mol. The Hall–Kier alpha value is -3.29. The summed E-state index contributed by atoms with van der Waals surface area (Å²) in [5.74, 6) is 1.12. The van der Waals surface area contributed by atoms with E-state index >= 15 is 0 Å². The number of rotatable bonds is 5. The molecule has 30 heavy (non-hydrogen) atoms. The van der Waals surface area contributed by atoms with E-state index in [0.29, 0.717) is 23.7 Å². The van der Waals surface area contributed by atoms with E-state index in [1.807, 2.05) is 49.1 Å². The maximum absolute atomic E-state index is 13.7. The molecule has 2 atom stereocenters. The fraction of sp³-hybridized carbons (Fsp3) is 0.409. The molecule has 3 heterocycles. The highest BCUT2D eigenvalue weighted by Crippen LogP contribution is 2.27. The Morgan fingerprint density at radius 2 is 1.97 bits per heavy atom. The molecule has 1 fully saturated rings. The third kappa shape index (κ3) is 4.17. The van der Waals surface area contributed by atoms with Crippen LogP contribution in [-0.2, 0) is 0 Å². The zero-order chi connectivity index (χ0) is 21.1. The van der Waals surface area contributed by atoms with E-state index in [1.54, 1.807) is 12.4 Å². The Kier molecular flexibility index (Phi) is 5.74. The second kappa shape index (κ2) is 8.61. The SMILES string of the molecule is Cc1ccc(-n2nccn2)c(C(=O)N2CCCC(C)[C@H]2CNc2ccc(C)nn2)c1.[HH]. The fourth-order valence-electron chi connectivity index (χ4n) is 4.01. The zero-order valence-electron chi connectivity index (χ0n) is 17.6. The summed E-state index contributed by atoms with van der Waals surface area (Å²) in [6.45, 7) is 7.47.